The van der Waals surface area contributed by atoms with E-state index in [1.54, 1.807) is 11.9 Å². The molecule has 0 bridgehead atoms. The smallest absolute Gasteiger partial charge is 0.251 e. The molecule has 2 aromatic carbocycles. The first-order valence-electron chi connectivity index (χ1n) is 7.78. The molecule has 0 atom stereocenters. The highest BCUT2D eigenvalue weighted by atomic mass is 16.2. The lowest BCUT2D eigenvalue weighted by Gasteiger charge is -2.11. The average Bonchev–Trinajstić information content (AvgIpc) is 2.81. The summed E-state index contributed by atoms with van der Waals surface area (Å²) < 4.78 is 0. The molecular formula is C19H20N2O2. The van der Waals surface area contributed by atoms with Crippen LogP contribution >= 0.6 is 0 Å². The van der Waals surface area contributed by atoms with Crippen LogP contribution in [0.15, 0.2) is 42.5 Å². The van der Waals surface area contributed by atoms with Crippen LogP contribution in [0, 0.1) is 6.92 Å². The van der Waals surface area contributed by atoms with Gasteiger partial charge in [0, 0.05) is 24.8 Å². The molecule has 0 saturated carbocycles. The van der Waals surface area contributed by atoms with Crippen LogP contribution in [0.5, 0.6) is 0 Å². The summed E-state index contributed by atoms with van der Waals surface area (Å²) >= 11 is 0. The minimum atomic E-state index is -0.0511. The fraction of sp³-hybridized carbons (Fsp3) is 0.263. The number of amides is 2. The highest BCUT2D eigenvalue weighted by Gasteiger charge is 2.23. The molecule has 1 N–H and O–H groups in total. The van der Waals surface area contributed by atoms with E-state index in [0.29, 0.717) is 18.5 Å². The normalized spacial score (nSPS) is 13.1. The lowest BCUT2D eigenvalue weighted by molar-refractivity contribution is -0.117. The van der Waals surface area contributed by atoms with E-state index in [-0.39, 0.29) is 11.8 Å². The number of aryl methyl sites for hydroxylation is 1. The second-order valence-corrected chi connectivity index (χ2v) is 5.97. The van der Waals surface area contributed by atoms with Crippen LogP contribution in [0.1, 0.15) is 27.0 Å². The zero-order chi connectivity index (χ0) is 16.4. The van der Waals surface area contributed by atoms with Gasteiger partial charge in [-0.3, -0.25) is 9.59 Å². The number of hydrogen-bond acceptors (Lipinski definition) is 2. The summed E-state index contributed by atoms with van der Waals surface area (Å²) in [6.45, 7) is 2.55. The molecule has 4 nitrogen and oxygen atoms in total. The maximum atomic E-state index is 12.1. The van der Waals surface area contributed by atoms with Gasteiger partial charge >= 0.3 is 0 Å². The number of benzene rings is 2. The first-order chi connectivity index (χ1) is 11.0. The van der Waals surface area contributed by atoms with E-state index in [1.807, 2.05) is 43.3 Å². The van der Waals surface area contributed by atoms with E-state index >= 15 is 0 Å². The fourth-order valence-corrected chi connectivity index (χ4v) is 2.89. The minimum Gasteiger partial charge on any atom is -0.352 e. The van der Waals surface area contributed by atoms with Crippen molar-refractivity contribution in [3.05, 3.63) is 64.7 Å². The van der Waals surface area contributed by atoms with E-state index in [2.05, 4.69) is 11.4 Å². The van der Waals surface area contributed by atoms with Gasteiger partial charge in [0.25, 0.3) is 5.91 Å². The number of carbonyl (C=O) groups is 2. The van der Waals surface area contributed by atoms with Crippen LogP contribution in [0.3, 0.4) is 0 Å². The molecule has 0 fully saturated rings. The van der Waals surface area contributed by atoms with Crippen LogP contribution < -0.4 is 10.2 Å². The Morgan fingerprint density at radius 1 is 1.22 bits per heavy atom. The number of fused-ring (bicyclic) bond motifs is 1. The van der Waals surface area contributed by atoms with Crippen molar-refractivity contribution in [2.75, 3.05) is 18.5 Å². The highest BCUT2D eigenvalue weighted by molar-refractivity contribution is 6.01. The van der Waals surface area contributed by atoms with Gasteiger partial charge in [0.2, 0.25) is 5.91 Å². The SMILES string of the molecule is Cc1cccc(C(=O)NCCc2ccc3c(c2)CC(=O)N3C)c1. The van der Waals surface area contributed by atoms with E-state index in [0.717, 1.165) is 28.8 Å². The zero-order valence-electron chi connectivity index (χ0n) is 13.4. The van der Waals surface area contributed by atoms with Crippen molar-refractivity contribution in [2.24, 2.45) is 0 Å². The quantitative estimate of drug-likeness (QED) is 0.943. The maximum absolute atomic E-state index is 12.1. The number of carbonyl (C=O) groups excluding carboxylic acids is 2. The van der Waals surface area contributed by atoms with E-state index in [1.165, 1.54) is 0 Å². The Morgan fingerprint density at radius 2 is 2.04 bits per heavy atom. The van der Waals surface area contributed by atoms with Gasteiger partial charge in [-0.25, -0.2) is 0 Å². The second kappa shape index (κ2) is 6.24. The fourth-order valence-electron chi connectivity index (χ4n) is 2.89. The van der Waals surface area contributed by atoms with Gasteiger partial charge in [-0.15, -0.1) is 0 Å². The van der Waals surface area contributed by atoms with Crippen LogP contribution in [-0.4, -0.2) is 25.4 Å². The third-order valence-electron chi connectivity index (χ3n) is 4.20. The van der Waals surface area contributed by atoms with Gasteiger partial charge < -0.3 is 10.2 Å². The molecule has 0 saturated heterocycles. The van der Waals surface area contributed by atoms with Crippen molar-refractivity contribution in [3.63, 3.8) is 0 Å². The summed E-state index contributed by atoms with van der Waals surface area (Å²) in [5.74, 6) is 0.0784. The molecule has 0 radical (unpaired) electrons. The molecule has 1 aliphatic heterocycles. The van der Waals surface area contributed by atoms with Crippen LogP contribution in [0.4, 0.5) is 5.69 Å². The van der Waals surface area contributed by atoms with Crippen molar-refractivity contribution in [1.29, 1.82) is 0 Å². The molecule has 0 unspecified atom stereocenters. The number of anilines is 1. The Balaban J connectivity index is 1.58. The maximum Gasteiger partial charge on any atom is 0.251 e. The summed E-state index contributed by atoms with van der Waals surface area (Å²) in [4.78, 5) is 25.5. The Labute approximate surface area is 136 Å². The Kier molecular flexibility index (Phi) is 4.15. The van der Waals surface area contributed by atoms with Crippen LogP contribution in [-0.2, 0) is 17.6 Å². The molecule has 1 heterocycles. The van der Waals surface area contributed by atoms with Gasteiger partial charge in [-0.2, -0.15) is 0 Å². The van der Waals surface area contributed by atoms with Gasteiger partial charge in [0.1, 0.15) is 0 Å². The number of hydrogen-bond donors (Lipinski definition) is 1. The van der Waals surface area contributed by atoms with Gasteiger partial charge in [0.05, 0.1) is 6.42 Å². The summed E-state index contributed by atoms with van der Waals surface area (Å²) in [6, 6.07) is 13.6. The topological polar surface area (TPSA) is 49.4 Å². The lowest BCUT2D eigenvalue weighted by Crippen LogP contribution is -2.25. The van der Waals surface area contributed by atoms with E-state index < -0.39 is 0 Å². The van der Waals surface area contributed by atoms with Gasteiger partial charge in [0.15, 0.2) is 0 Å². The number of nitrogens with one attached hydrogen (secondary N) is 1. The molecule has 23 heavy (non-hydrogen) atoms. The molecule has 4 heteroatoms. The molecule has 2 amide bonds. The number of nitrogens with zero attached hydrogens (tertiary/aromatic N) is 1. The third kappa shape index (κ3) is 3.26. The first kappa shape index (κ1) is 15.3. The number of rotatable bonds is 4. The zero-order valence-corrected chi connectivity index (χ0v) is 13.4. The van der Waals surface area contributed by atoms with Crippen molar-refractivity contribution < 1.29 is 9.59 Å². The molecule has 2 aromatic rings. The van der Waals surface area contributed by atoms with Crippen molar-refractivity contribution in [2.45, 2.75) is 19.8 Å². The highest BCUT2D eigenvalue weighted by Crippen LogP contribution is 2.28. The van der Waals surface area contributed by atoms with Crippen LogP contribution in [0.2, 0.25) is 0 Å². The second-order valence-electron chi connectivity index (χ2n) is 5.97. The van der Waals surface area contributed by atoms with Crippen molar-refractivity contribution in [3.8, 4) is 0 Å². The average molecular weight is 308 g/mol. The predicted octanol–water partition coefficient (Wildman–Crippen LogP) is 2.49. The van der Waals surface area contributed by atoms with Gasteiger partial charge in [-0.1, -0.05) is 29.8 Å². The first-order valence-corrected chi connectivity index (χ1v) is 7.78. The molecule has 0 spiro atoms. The summed E-state index contributed by atoms with van der Waals surface area (Å²) in [5.41, 5.74) is 4.95. The summed E-state index contributed by atoms with van der Waals surface area (Å²) in [5, 5.41) is 2.94. The third-order valence-corrected chi connectivity index (χ3v) is 4.20. The standard InChI is InChI=1S/C19H20N2O2/c1-13-4-3-5-15(10-13)19(23)20-9-8-14-6-7-17-16(11-14)12-18(22)21(17)2/h3-7,10-11H,8-9,12H2,1-2H3,(H,20,23). The van der Waals surface area contributed by atoms with E-state index in [9.17, 15) is 9.59 Å². The molecule has 3 rings (SSSR count). The molecule has 118 valence electrons. The Hall–Kier alpha value is -2.62. The monoisotopic (exact) mass is 308 g/mol. The van der Waals surface area contributed by atoms with Gasteiger partial charge in [-0.05, 0) is 42.7 Å². The summed E-state index contributed by atoms with van der Waals surface area (Å²) in [6.07, 6.45) is 1.22. The summed E-state index contributed by atoms with van der Waals surface area (Å²) in [7, 11) is 1.80. The molecule has 1 aliphatic rings. The predicted molar refractivity (Wildman–Crippen MR) is 90.8 cm³/mol. The largest absolute Gasteiger partial charge is 0.352 e. The molecule has 0 aromatic heterocycles. The van der Waals surface area contributed by atoms with Crippen molar-refractivity contribution in [1.82, 2.24) is 5.32 Å². The Bertz CT molecular complexity index is 768. The molecular weight excluding hydrogens is 288 g/mol. The Morgan fingerprint density at radius 3 is 2.83 bits per heavy atom. The lowest BCUT2D eigenvalue weighted by atomic mass is 10.1. The number of likely N-dealkylation sites (N-methyl/N-ethyl adjacent to an activating group) is 1. The van der Waals surface area contributed by atoms with Crippen molar-refractivity contribution >= 4 is 17.5 Å². The van der Waals surface area contributed by atoms with Crippen LogP contribution in [0.25, 0.3) is 0 Å². The van der Waals surface area contributed by atoms with E-state index in [4.69, 9.17) is 0 Å². The molecule has 0 aliphatic carbocycles. The minimum absolute atomic E-state index is 0.0511.